The van der Waals surface area contributed by atoms with Gasteiger partial charge in [0, 0.05) is 26.2 Å². The zero-order valence-corrected chi connectivity index (χ0v) is 11.1. The van der Waals surface area contributed by atoms with Crippen LogP contribution < -0.4 is 22.1 Å². The second-order valence-electron chi connectivity index (χ2n) is 4.85. The summed E-state index contributed by atoms with van der Waals surface area (Å²) in [5.41, 5.74) is 17.6. The standard InChI is InChI=1S/C11H24N6O/c1-11(2,8-13)17-10(9(14)7-15-17)16(4-3-12)5-6-18/h7,18H,3-6,8,12-14H2,1-2H3. The fraction of sp³-hybridized carbons (Fsp3) is 0.727. The Hall–Kier alpha value is -1.31. The van der Waals surface area contributed by atoms with Crippen molar-refractivity contribution < 1.29 is 5.11 Å². The fourth-order valence-corrected chi connectivity index (χ4v) is 1.80. The molecule has 0 aliphatic rings. The van der Waals surface area contributed by atoms with Crippen LogP contribution in [0, 0.1) is 0 Å². The summed E-state index contributed by atoms with van der Waals surface area (Å²) >= 11 is 0. The summed E-state index contributed by atoms with van der Waals surface area (Å²) in [6.45, 7) is 6.01. The van der Waals surface area contributed by atoms with Crippen LogP contribution in [-0.4, -0.2) is 47.7 Å². The Morgan fingerprint density at radius 2 is 2.06 bits per heavy atom. The number of aromatic nitrogens is 2. The Labute approximate surface area is 108 Å². The van der Waals surface area contributed by atoms with Crippen LogP contribution in [0.4, 0.5) is 11.5 Å². The van der Waals surface area contributed by atoms with Crippen molar-refractivity contribution >= 4 is 11.5 Å². The number of nitrogens with zero attached hydrogens (tertiary/aromatic N) is 3. The second kappa shape index (κ2) is 6.03. The monoisotopic (exact) mass is 256 g/mol. The van der Waals surface area contributed by atoms with Gasteiger partial charge in [-0.1, -0.05) is 0 Å². The number of nitrogens with two attached hydrogens (primary N) is 3. The topological polar surface area (TPSA) is 119 Å². The highest BCUT2D eigenvalue weighted by Crippen LogP contribution is 2.28. The number of hydrogen-bond donors (Lipinski definition) is 4. The van der Waals surface area contributed by atoms with E-state index in [4.69, 9.17) is 22.3 Å². The molecule has 0 aromatic carbocycles. The third-order valence-electron chi connectivity index (χ3n) is 2.91. The van der Waals surface area contributed by atoms with Crippen LogP contribution in [0.1, 0.15) is 13.8 Å². The van der Waals surface area contributed by atoms with E-state index in [-0.39, 0.29) is 12.1 Å². The summed E-state index contributed by atoms with van der Waals surface area (Å²) in [6.07, 6.45) is 1.60. The molecule has 0 aliphatic carbocycles. The first kappa shape index (κ1) is 14.7. The summed E-state index contributed by atoms with van der Waals surface area (Å²) < 4.78 is 1.80. The molecular formula is C11H24N6O. The van der Waals surface area contributed by atoms with Gasteiger partial charge in [0.1, 0.15) is 0 Å². The minimum absolute atomic E-state index is 0.0354. The maximum atomic E-state index is 9.13. The van der Waals surface area contributed by atoms with E-state index in [9.17, 15) is 0 Å². The molecule has 0 fully saturated rings. The van der Waals surface area contributed by atoms with Gasteiger partial charge in [-0.25, -0.2) is 4.68 Å². The average Bonchev–Trinajstić information content (AvgIpc) is 2.71. The van der Waals surface area contributed by atoms with Gasteiger partial charge in [0.2, 0.25) is 0 Å². The molecule has 0 aliphatic heterocycles. The minimum Gasteiger partial charge on any atom is -0.395 e. The zero-order valence-electron chi connectivity index (χ0n) is 11.1. The molecule has 0 radical (unpaired) electrons. The molecule has 7 nitrogen and oxygen atoms in total. The first-order chi connectivity index (χ1) is 8.47. The Balaban J connectivity index is 3.16. The predicted octanol–water partition coefficient (Wildman–Crippen LogP) is -1.08. The molecule has 7 heteroatoms. The summed E-state index contributed by atoms with van der Waals surface area (Å²) in [5, 5.41) is 13.4. The van der Waals surface area contributed by atoms with Gasteiger partial charge in [-0.05, 0) is 13.8 Å². The molecule has 1 aromatic rings. The molecule has 1 rings (SSSR count). The average molecular weight is 256 g/mol. The van der Waals surface area contributed by atoms with E-state index in [0.29, 0.717) is 31.9 Å². The molecule has 104 valence electrons. The van der Waals surface area contributed by atoms with Crippen molar-refractivity contribution in [3.63, 3.8) is 0 Å². The minimum atomic E-state index is -0.338. The van der Waals surface area contributed by atoms with E-state index >= 15 is 0 Å². The van der Waals surface area contributed by atoms with Gasteiger partial charge in [-0.3, -0.25) is 0 Å². The smallest absolute Gasteiger partial charge is 0.151 e. The normalized spacial score (nSPS) is 11.8. The van der Waals surface area contributed by atoms with Crippen molar-refractivity contribution in [3.8, 4) is 0 Å². The van der Waals surface area contributed by atoms with Crippen LogP contribution in [0.2, 0.25) is 0 Å². The molecule has 0 unspecified atom stereocenters. The fourth-order valence-electron chi connectivity index (χ4n) is 1.80. The molecule has 0 spiro atoms. The lowest BCUT2D eigenvalue weighted by molar-refractivity contribution is 0.296. The molecule has 0 amide bonds. The van der Waals surface area contributed by atoms with Crippen molar-refractivity contribution in [3.05, 3.63) is 6.20 Å². The van der Waals surface area contributed by atoms with Crippen LogP contribution in [0.5, 0.6) is 0 Å². The molecule has 7 N–H and O–H groups in total. The maximum absolute atomic E-state index is 9.13. The Bertz CT molecular complexity index is 370. The predicted molar refractivity (Wildman–Crippen MR) is 73.4 cm³/mol. The highest BCUT2D eigenvalue weighted by Gasteiger charge is 2.26. The van der Waals surface area contributed by atoms with E-state index in [1.807, 2.05) is 18.7 Å². The van der Waals surface area contributed by atoms with E-state index in [0.717, 1.165) is 5.82 Å². The number of nitrogen functional groups attached to an aromatic ring is 1. The molecule has 0 bridgehead atoms. The van der Waals surface area contributed by atoms with Gasteiger partial charge in [-0.15, -0.1) is 0 Å². The highest BCUT2D eigenvalue weighted by atomic mass is 16.3. The van der Waals surface area contributed by atoms with Crippen LogP contribution in [0.15, 0.2) is 6.20 Å². The SMILES string of the molecule is CC(C)(CN)n1ncc(N)c1N(CCN)CCO. The summed E-state index contributed by atoms with van der Waals surface area (Å²) in [7, 11) is 0. The van der Waals surface area contributed by atoms with Gasteiger partial charge in [0.15, 0.2) is 5.82 Å². The molecule has 1 aromatic heterocycles. The first-order valence-corrected chi connectivity index (χ1v) is 6.08. The zero-order chi connectivity index (χ0) is 13.8. The van der Waals surface area contributed by atoms with Gasteiger partial charge in [-0.2, -0.15) is 5.10 Å². The molecule has 0 atom stereocenters. The number of aliphatic hydroxyl groups is 1. The molecule has 1 heterocycles. The first-order valence-electron chi connectivity index (χ1n) is 6.08. The molecular weight excluding hydrogens is 232 g/mol. The van der Waals surface area contributed by atoms with Gasteiger partial charge in [0.25, 0.3) is 0 Å². The van der Waals surface area contributed by atoms with E-state index in [1.54, 1.807) is 10.9 Å². The van der Waals surface area contributed by atoms with E-state index in [2.05, 4.69) is 5.10 Å². The van der Waals surface area contributed by atoms with Crippen molar-refractivity contribution in [2.75, 3.05) is 43.4 Å². The third-order valence-corrected chi connectivity index (χ3v) is 2.91. The van der Waals surface area contributed by atoms with Crippen LogP contribution in [0.3, 0.4) is 0 Å². The summed E-state index contributed by atoms with van der Waals surface area (Å²) in [6, 6.07) is 0. The Kier molecular flexibility index (Phi) is 4.94. The second-order valence-corrected chi connectivity index (χ2v) is 4.85. The van der Waals surface area contributed by atoms with E-state index in [1.165, 1.54) is 0 Å². The molecule has 18 heavy (non-hydrogen) atoms. The van der Waals surface area contributed by atoms with Crippen molar-refractivity contribution in [2.45, 2.75) is 19.4 Å². The van der Waals surface area contributed by atoms with E-state index < -0.39 is 0 Å². The van der Waals surface area contributed by atoms with Crippen molar-refractivity contribution in [1.29, 1.82) is 0 Å². The third kappa shape index (κ3) is 2.92. The number of rotatable bonds is 7. The van der Waals surface area contributed by atoms with Crippen LogP contribution in [-0.2, 0) is 5.54 Å². The van der Waals surface area contributed by atoms with Crippen LogP contribution in [0.25, 0.3) is 0 Å². The van der Waals surface area contributed by atoms with Crippen LogP contribution >= 0.6 is 0 Å². The molecule has 0 saturated carbocycles. The maximum Gasteiger partial charge on any atom is 0.151 e. The lowest BCUT2D eigenvalue weighted by Crippen LogP contribution is -2.41. The quantitative estimate of drug-likeness (QED) is 0.492. The van der Waals surface area contributed by atoms with Gasteiger partial charge < -0.3 is 27.2 Å². The van der Waals surface area contributed by atoms with Crippen molar-refractivity contribution in [1.82, 2.24) is 9.78 Å². The summed E-state index contributed by atoms with van der Waals surface area (Å²) in [5.74, 6) is 0.768. The lowest BCUT2D eigenvalue weighted by atomic mass is 10.1. The highest BCUT2D eigenvalue weighted by molar-refractivity contribution is 5.63. The molecule has 0 saturated heterocycles. The van der Waals surface area contributed by atoms with Gasteiger partial charge >= 0.3 is 0 Å². The largest absolute Gasteiger partial charge is 0.395 e. The van der Waals surface area contributed by atoms with Gasteiger partial charge in [0.05, 0.1) is 24.0 Å². The Morgan fingerprint density at radius 1 is 1.39 bits per heavy atom. The lowest BCUT2D eigenvalue weighted by Gasteiger charge is -2.31. The van der Waals surface area contributed by atoms with Crippen molar-refractivity contribution in [2.24, 2.45) is 11.5 Å². The summed E-state index contributed by atoms with van der Waals surface area (Å²) in [4.78, 5) is 1.93. The number of aliphatic hydroxyl groups excluding tert-OH is 1. The Morgan fingerprint density at radius 3 is 2.56 bits per heavy atom. The number of hydrogen-bond acceptors (Lipinski definition) is 6. The number of anilines is 2.